The summed E-state index contributed by atoms with van der Waals surface area (Å²) in [5.74, 6) is -1.59. The third-order valence-electron chi connectivity index (χ3n) is 3.44. The molecular weight excluding hydrogens is 292 g/mol. The largest absolute Gasteiger partial charge is 0.506 e. The molecule has 0 heterocycles. The minimum Gasteiger partial charge on any atom is -0.506 e. The summed E-state index contributed by atoms with van der Waals surface area (Å²) in [5.41, 5.74) is 1.40. The van der Waals surface area contributed by atoms with Crippen LogP contribution >= 0.6 is 0 Å². The molecule has 0 spiro atoms. The molecule has 2 amide bonds. The van der Waals surface area contributed by atoms with Crippen molar-refractivity contribution >= 4 is 17.5 Å². The van der Waals surface area contributed by atoms with Crippen LogP contribution in [0.15, 0.2) is 54.6 Å². The molecule has 0 unspecified atom stereocenters. The smallest absolute Gasteiger partial charge is 0.313 e. The molecule has 120 valence electrons. The Morgan fingerprint density at radius 3 is 2.35 bits per heavy atom. The van der Waals surface area contributed by atoms with Crippen molar-refractivity contribution in [2.24, 2.45) is 0 Å². The van der Waals surface area contributed by atoms with Crippen LogP contribution in [-0.2, 0) is 16.0 Å². The van der Waals surface area contributed by atoms with Gasteiger partial charge in [0, 0.05) is 6.04 Å². The highest BCUT2D eigenvalue weighted by molar-refractivity contribution is 6.39. The van der Waals surface area contributed by atoms with E-state index in [0.29, 0.717) is 0 Å². The molecule has 0 fully saturated rings. The molecule has 0 saturated heterocycles. The predicted molar refractivity (Wildman–Crippen MR) is 89.1 cm³/mol. The van der Waals surface area contributed by atoms with Gasteiger partial charge in [0.05, 0.1) is 5.69 Å². The maximum atomic E-state index is 11.9. The lowest BCUT2D eigenvalue weighted by Gasteiger charge is -2.14. The molecule has 5 heteroatoms. The van der Waals surface area contributed by atoms with E-state index in [1.165, 1.54) is 17.7 Å². The normalized spacial score (nSPS) is 11.5. The van der Waals surface area contributed by atoms with E-state index < -0.39 is 11.8 Å². The maximum absolute atomic E-state index is 11.9. The number of aromatic hydroxyl groups is 1. The van der Waals surface area contributed by atoms with E-state index in [2.05, 4.69) is 10.6 Å². The molecule has 2 aromatic carbocycles. The van der Waals surface area contributed by atoms with Crippen molar-refractivity contribution in [3.63, 3.8) is 0 Å². The number of carbonyl (C=O) groups excluding carboxylic acids is 2. The summed E-state index contributed by atoms with van der Waals surface area (Å²) in [6.07, 6.45) is 1.56. The van der Waals surface area contributed by atoms with Crippen LogP contribution in [0.5, 0.6) is 5.75 Å². The summed E-state index contributed by atoms with van der Waals surface area (Å²) in [5, 5.41) is 14.6. The molecule has 1 atom stereocenters. The average molecular weight is 312 g/mol. The van der Waals surface area contributed by atoms with E-state index in [4.69, 9.17) is 0 Å². The van der Waals surface area contributed by atoms with Crippen molar-refractivity contribution in [2.75, 3.05) is 5.32 Å². The topological polar surface area (TPSA) is 78.4 Å². The zero-order valence-electron chi connectivity index (χ0n) is 13.0. The Labute approximate surface area is 135 Å². The Bertz CT molecular complexity index is 671. The Morgan fingerprint density at radius 1 is 1.00 bits per heavy atom. The minimum absolute atomic E-state index is 0.0780. The van der Waals surface area contributed by atoms with Gasteiger partial charge in [-0.25, -0.2) is 0 Å². The maximum Gasteiger partial charge on any atom is 0.313 e. The first-order valence-electron chi connectivity index (χ1n) is 7.50. The number of aryl methyl sites for hydroxylation is 1. The lowest BCUT2D eigenvalue weighted by Crippen LogP contribution is -2.40. The molecule has 0 radical (unpaired) electrons. The first kappa shape index (κ1) is 16.5. The summed E-state index contributed by atoms with van der Waals surface area (Å²) >= 11 is 0. The van der Waals surface area contributed by atoms with Crippen molar-refractivity contribution in [2.45, 2.75) is 25.8 Å². The second-order valence-electron chi connectivity index (χ2n) is 5.37. The second-order valence-corrected chi connectivity index (χ2v) is 5.37. The molecular formula is C18H20N2O3. The fourth-order valence-corrected chi connectivity index (χ4v) is 2.15. The zero-order chi connectivity index (χ0) is 16.7. The van der Waals surface area contributed by atoms with Crippen molar-refractivity contribution in [1.82, 2.24) is 5.32 Å². The van der Waals surface area contributed by atoms with Gasteiger partial charge in [0.15, 0.2) is 0 Å². The Morgan fingerprint density at radius 2 is 1.65 bits per heavy atom. The van der Waals surface area contributed by atoms with Crippen molar-refractivity contribution in [3.8, 4) is 5.75 Å². The molecule has 3 N–H and O–H groups in total. The van der Waals surface area contributed by atoms with Crippen molar-refractivity contribution in [1.29, 1.82) is 0 Å². The quantitative estimate of drug-likeness (QED) is 0.586. The van der Waals surface area contributed by atoms with E-state index in [1.54, 1.807) is 12.1 Å². The lowest BCUT2D eigenvalue weighted by atomic mass is 10.1. The highest BCUT2D eigenvalue weighted by Gasteiger charge is 2.17. The van der Waals surface area contributed by atoms with E-state index in [0.717, 1.165) is 12.8 Å². The number of amides is 2. The molecule has 0 aliphatic rings. The number of phenols is 1. The number of hydrogen-bond acceptors (Lipinski definition) is 3. The predicted octanol–water partition coefficient (Wildman–Crippen LogP) is 2.47. The third-order valence-corrected chi connectivity index (χ3v) is 3.44. The second kappa shape index (κ2) is 7.98. The van der Waals surface area contributed by atoms with Crippen LogP contribution in [0, 0.1) is 0 Å². The van der Waals surface area contributed by atoms with E-state index >= 15 is 0 Å². The fraction of sp³-hybridized carbons (Fsp3) is 0.222. The fourth-order valence-electron chi connectivity index (χ4n) is 2.15. The minimum atomic E-state index is -0.793. The number of para-hydroxylation sites is 2. The number of rotatable bonds is 5. The number of nitrogens with one attached hydrogen (secondary N) is 2. The van der Waals surface area contributed by atoms with Crippen LogP contribution in [0.3, 0.4) is 0 Å². The van der Waals surface area contributed by atoms with Crippen molar-refractivity contribution in [3.05, 3.63) is 60.2 Å². The molecule has 0 aliphatic carbocycles. The van der Waals surface area contributed by atoms with E-state index in [-0.39, 0.29) is 17.5 Å². The van der Waals surface area contributed by atoms with Crippen LogP contribution in [0.1, 0.15) is 18.9 Å². The number of hydrogen-bond donors (Lipinski definition) is 3. The number of benzene rings is 2. The summed E-state index contributed by atoms with van der Waals surface area (Å²) in [7, 11) is 0. The molecule has 23 heavy (non-hydrogen) atoms. The SMILES string of the molecule is C[C@H](CCc1ccccc1)NC(=O)C(=O)Nc1ccccc1O. The monoisotopic (exact) mass is 312 g/mol. The standard InChI is InChI=1S/C18H20N2O3/c1-13(11-12-14-7-3-2-4-8-14)19-17(22)18(23)20-15-9-5-6-10-16(15)21/h2-10,13,21H,11-12H2,1H3,(H,19,22)(H,20,23)/t13-/m1/s1. The molecule has 0 saturated carbocycles. The van der Waals surface area contributed by atoms with Gasteiger partial charge in [-0.1, -0.05) is 42.5 Å². The Hall–Kier alpha value is -2.82. The van der Waals surface area contributed by atoms with Gasteiger partial charge in [0.25, 0.3) is 0 Å². The van der Waals surface area contributed by atoms with Gasteiger partial charge < -0.3 is 15.7 Å². The van der Waals surface area contributed by atoms with Gasteiger partial charge in [-0.05, 0) is 37.5 Å². The summed E-state index contributed by atoms with van der Waals surface area (Å²) in [6.45, 7) is 1.86. The lowest BCUT2D eigenvalue weighted by molar-refractivity contribution is -0.136. The summed E-state index contributed by atoms with van der Waals surface area (Å²) in [4.78, 5) is 23.7. The molecule has 2 rings (SSSR count). The van der Waals surface area contributed by atoms with Gasteiger partial charge in [-0.3, -0.25) is 9.59 Å². The number of anilines is 1. The van der Waals surface area contributed by atoms with E-state index in [9.17, 15) is 14.7 Å². The molecule has 0 aromatic heterocycles. The highest BCUT2D eigenvalue weighted by atomic mass is 16.3. The van der Waals surface area contributed by atoms with Gasteiger partial charge >= 0.3 is 11.8 Å². The third kappa shape index (κ3) is 5.14. The summed E-state index contributed by atoms with van der Waals surface area (Å²) < 4.78 is 0. The highest BCUT2D eigenvalue weighted by Crippen LogP contribution is 2.21. The molecule has 2 aromatic rings. The van der Waals surface area contributed by atoms with Crippen LogP contribution < -0.4 is 10.6 Å². The zero-order valence-corrected chi connectivity index (χ0v) is 13.0. The Kier molecular flexibility index (Phi) is 5.74. The molecule has 0 aliphatic heterocycles. The Balaban J connectivity index is 1.81. The summed E-state index contributed by atoms with van der Waals surface area (Å²) in [6, 6.07) is 16.1. The van der Waals surface area contributed by atoms with Gasteiger partial charge in [-0.15, -0.1) is 0 Å². The van der Waals surface area contributed by atoms with Crippen LogP contribution in [0.25, 0.3) is 0 Å². The van der Waals surface area contributed by atoms with Crippen LogP contribution in [-0.4, -0.2) is 23.0 Å². The van der Waals surface area contributed by atoms with Gasteiger partial charge in [0.2, 0.25) is 0 Å². The van der Waals surface area contributed by atoms with Gasteiger partial charge in [0.1, 0.15) is 5.75 Å². The first-order valence-corrected chi connectivity index (χ1v) is 7.50. The number of carbonyl (C=O) groups is 2. The first-order chi connectivity index (χ1) is 11.1. The van der Waals surface area contributed by atoms with Crippen LogP contribution in [0.4, 0.5) is 5.69 Å². The van der Waals surface area contributed by atoms with Crippen molar-refractivity contribution < 1.29 is 14.7 Å². The van der Waals surface area contributed by atoms with Gasteiger partial charge in [-0.2, -0.15) is 0 Å². The molecule has 0 bridgehead atoms. The molecule has 5 nitrogen and oxygen atoms in total. The average Bonchev–Trinajstić information content (AvgIpc) is 2.56. The number of phenolic OH excluding ortho intramolecular Hbond substituents is 1. The van der Waals surface area contributed by atoms with Crippen LogP contribution in [0.2, 0.25) is 0 Å². The van der Waals surface area contributed by atoms with E-state index in [1.807, 2.05) is 37.3 Å².